The Morgan fingerprint density at radius 2 is 1.88 bits per heavy atom. The molecule has 8 heteroatoms. The number of nitrogens with one attached hydrogen (secondary N) is 1. The van der Waals surface area contributed by atoms with Gasteiger partial charge in [-0.25, -0.2) is 4.99 Å². The average Bonchev–Trinajstić information content (AvgIpc) is 2.61. The van der Waals surface area contributed by atoms with Crippen LogP contribution >= 0.6 is 0 Å². The number of nitrogens with zero attached hydrogens (tertiary/aromatic N) is 1. The summed E-state index contributed by atoms with van der Waals surface area (Å²) in [7, 11) is 3.02. The summed E-state index contributed by atoms with van der Waals surface area (Å²) in [5.41, 5.74) is 6.92. The van der Waals surface area contributed by atoms with Crippen LogP contribution in [0, 0.1) is 0 Å². The van der Waals surface area contributed by atoms with Crippen LogP contribution in [0.25, 0.3) is 0 Å². The zero-order valence-corrected chi connectivity index (χ0v) is 13.8. The van der Waals surface area contributed by atoms with Crippen LogP contribution in [0.3, 0.4) is 0 Å². The highest BCUT2D eigenvalue weighted by molar-refractivity contribution is 5.93. The van der Waals surface area contributed by atoms with Crippen LogP contribution in [0.5, 0.6) is 17.2 Å². The van der Waals surface area contributed by atoms with E-state index in [-0.39, 0.29) is 18.3 Å². The zero-order chi connectivity index (χ0) is 18.2. The van der Waals surface area contributed by atoms with E-state index in [1.807, 2.05) is 12.1 Å². The van der Waals surface area contributed by atoms with Crippen molar-refractivity contribution in [2.24, 2.45) is 10.7 Å². The van der Waals surface area contributed by atoms with Crippen molar-refractivity contribution < 1.29 is 23.0 Å². The third kappa shape index (κ3) is 5.23. The molecule has 25 heavy (non-hydrogen) atoms. The van der Waals surface area contributed by atoms with Gasteiger partial charge in [0, 0.05) is 5.56 Å². The first kappa shape index (κ1) is 18.3. The van der Waals surface area contributed by atoms with Crippen LogP contribution < -0.4 is 25.3 Å². The quantitative estimate of drug-likeness (QED) is 0.591. The predicted octanol–water partition coefficient (Wildman–Crippen LogP) is 3.23. The van der Waals surface area contributed by atoms with E-state index in [1.54, 1.807) is 18.2 Å². The maximum absolute atomic E-state index is 12.5. The van der Waals surface area contributed by atoms with Crippen molar-refractivity contribution in [2.75, 3.05) is 19.5 Å². The molecule has 0 aliphatic rings. The minimum atomic E-state index is -2.93. The van der Waals surface area contributed by atoms with Crippen LogP contribution in [0.15, 0.2) is 47.5 Å². The van der Waals surface area contributed by atoms with E-state index >= 15 is 0 Å². The second-order valence-electron chi connectivity index (χ2n) is 4.88. The molecule has 0 aromatic heterocycles. The Morgan fingerprint density at radius 1 is 1.12 bits per heavy atom. The molecule has 0 heterocycles. The maximum atomic E-state index is 12.5. The topological polar surface area (TPSA) is 78.1 Å². The highest BCUT2D eigenvalue weighted by Gasteiger charge is 2.11. The van der Waals surface area contributed by atoms with Gasteiger partial charge in [0.15, 0.2) is 5.96 Å². The molecular formula is C17H19F2N3O3. The van der Waals surface area contributed by atoms with E-state index in [0.717, 1.165) is 0 Å². The lowest BCUT2D eigenvalue weighted by Crippen LogP contribution is -2.23. The van der Waals surface area contributed by atoms with Gasteiger partial charge in [-0.2, -0.15) is 8.78 Å². The van der Waals surface area contributed by atoms with Gasteiger partial charge in [-0.3, -0.25) is 0 Å². The molecule has 2 aromatic carbocycles. The molecule has 0 radical (unpaired) electrons. The van der Waals surface area contributed by atoms with Crippen LogP contribution in [0.1, 0.15) is 5.56 Å². The number of nitrogens with two attached hydrogens (primary N) is 1. The zero-order valence-electron chi connectivity index (χ0n) is 13.8. The number of hydrogen-bond donors (Lipinski definition) is 2. The lowest BCUT2D eigenvalue weighted by molar-refractivity contribution is -0.0504. The van der Waals surface area contributed by atoms with E-state index < -0.39 is 6.61 Å². The van der Waals surface area contributed by atoms with Crippen LogP contribution in [-0.2, 0) is 6.54 Å². The molecule has 0 aliphatic heterocycles. The van der Waals surface area contributed by atoms with Gasteiger partial charge >= 0.3 is 6.61 Å². The molecule has 2 aromatic rings. The second kappa shape index (κ2) is 8.72. The van der Waals surface area contributed by atoms with Gasteiger partial charge < -0.3 is 25.3 Å². The van der Waals surface area contributed by atoms with Gasteiger partial charge in [0.1, 0.15) is 17.2 Å². The lowest BCUT2D eigenvalue weighted by Gasteiger charge is -2.12. The molecule has 0 aliphatic carbocycles. The first-order chi connectivity index (χ1) is 12.0. The molecule has 0 saturated heterocycles. The predicted molar refractivity (Wildman–Crippen MR) is 91.6 cm³/mol. The van der Waals surface area contributed by atoms with Crippen molar-refractivity contribution >= 4 is 11.6 Å². The van der Waals surface area contributed by atoms with E-state index in [2.05, 4.69) is 15.0 Å². The van der Waals surface area contributed by atoms with Gasteiger partial charge in [-0.1, -0.05) is 12.1 Å². The van der Waals surface area contributed by atoms with Crippen molar-refractivity contribution in [2.45, 2.75) is 13.2 Å². The summed E-state index contributed by atoms with van der Waals surface area (Å²) in [4.78, 5) is 4.16. The third-order valence-corrected chi connectivity index (χ3v) is 3.27. The number of anilines is 1. The second-order valence-corrected chi connectivity index (χ2v) is 4.88. The molecule has 0 saturated carbocycles. The first-order valence-electron chi connectivity index (χ1n) is 7.35. The van der Waals surface area contributed by atoms with Crippen LogP contribution in [0.4, 0.5) is 14.5 Å². The molecular weight excluding hydrogens is 332 g/mol. The van der Waals surface area contributed by atoms with Crippen molar-refractivity contribution in [3.8, 4) is 17.2 Å². The van der Waals surface area contributed by atoms with E-state index in [9.17, 15) is 8.78 Å². The molecule has 0 fully saturated rings. The number of benzene rings is 2. The smallest absolute Gasteiger partial charge is 0.387 e. The molecule has 0 amide bonds. The molecule has 6 nitrogen and oxygen atoms in total. The van der Waals surface area contributed by atoms with Gasteiger partial charge in [-0.05, 0) is 30.3 Å². The standard InChI is InChI=1S/C17H19F2N3O3/c1-23-12-7-8-14(25-16(18)19)11(9-12)10-21-17(20)22-13-5-3-4-6-15(13)24-2/h3-9,16H,10H2,1-2H3,(H3,20,21,22). The molecule has 0 spiro atoms. The number of rotatable bonds is 7. The fourth-order valence-corrected chi connectivity index (χ4v) is 2.11. The molecule has 0 atom stereocenters. The average molecular weight is 351 g/mol. The Balaban J connectivity index is 2.16. The first-order valence-corrected chi connectivity index (χ1v) is 7.35. The Hall–Kier alpha value is -3.03. The Morgan fingerprint density at radius 3 is 2.56 bits per heavy atom. The maximum Gasteiger partial charge on any atom is 0.387 e. The van der Waals surface area contributed by atoms with E-state index in [4.69, 9.17) is 15.2 Å². The van der Waals surface area contributed by atoms with Crippen molar-refractivity contribution in [3.63, 3.8) is 0 Å². The van der Waals surface area contributed by atoms with Gasteiger partial charge in [0.2, 0.25) is 0 Å². The number of hydrogen-bond acceptors (Lipinski definition) is 4. The summed E-state index contributed by atoms with van der Waals surface area (Å²) >= 11 is 0. The Kier molecular flexibility index (Phi) is 6.39. The van der Waals surface area contributed by atoms with E-state index in [0.29, 0.717) is 22.7 Å². The number of ether oxygens (including phenoxy) is 3. The number of methoxy groups -OCH3 is 2. The number of aliphatic imine (C=N–C) groups is 1. The van der Waals surface area contributed by atoms with Crippen molar-refractivity contribution in [1.29, 1.82) is 0 Å². The molecule has 2 rings (SSSR count). The highest BCUT2D eigenvalue weighted by Crippen LogP contribution is 2.27. The van der Waals surface area contributed by atoms with Gasteiger partial charge in [-0.15, -0.1) is 0 Å². The SMILES string of the molecule is COc1ccc(OC(F)F)c(CN=C(N)Nc2ccccc2OC)c1. The molecule has 0 bridgehead atoms. The normalized spacial score (nSPS) is 11.3. The van der Waals surface area contributed by atoms with E-state index in [1.165, 1.54) is 26.4 Å². The Bertz CT molecular complexity index is 739. The van der Waals surface area contributed by atoms with Crippen molar-refractivity contribution in [3.05, 3.63) is 48.0 Å². The Labute approximate surface area is 144 Å². The van der Waals surface area contributed by atoms with Crippen LogP contribution in [-0.4, -0.2) is 26.8 Å². The third-order valence-electron chi connectivity index (χ3n) is 3.27. The number of alkyl halides is 2. The lowest BCUT2D eigenvalue weighted by atomic mass is 10.2. The molecule has 134 valence electrons. The largest absolute Gasteiger partial charge is 0.497 e. The van der Waals surface area contributed by atoms with Gasteiger partial charge in [0.25, 0.3) is 0 Å². The summed E-state index contributed by atoms with van der Waals surface area (Å²) in [6.45, 7) is -2.90. The van der Waals surface area contributed by atoms with Crippen LogP contribution in [0.2, 0.25) is 0 Å². The minimum absolute atomic E-state index is 0.0182. The summed E-state index contributed by atoms with van der Waals surface area (Å²) < 4.78 is 39.8. The summed E-state index contributed by atoms with van der Waals surface area (Å²) in [6.07, 6.45) is 0. The summed E-state index contributed by atoms with van der Waals surface area (Å²) in [5, 5.41) is 2.90. The summed E-state index contributed by atoms with van der Waals surface area (Å²) in [6, 6.07) is 11.7. The fraction of sp³-hybridized carbons (Fsp3) is 0.235. The molecule has 0 unspecified atom stereocenters. The van der Waals surface area contributed by atoms with Gasteiger partial charge in [0.05, 0.1) is 26.5 Å². The number of halogens is 2. The monoisotopic (exact) mass is 351 g/mol. The van der Waals surface area contributed by atoms with Crippen molar-refractivity contribution in [1.82, 2.24) is 0 Å². The fourth-order valence-electron chi connectivity index (χ4n) is 2.11. The highest BCUT2D eigenvalue weighted by atomic mass is 19.3. The number of guanidine groups is 1. The summed E-state index contributed by atoms with van der Waals surface area (Å²) in [5.74, 6) is 1.23. The molecule has 3 N–H and O–H groups in total. The minimum Gasteiger partial charge on any atom is -0.497 e. The number of para-hydroxylation sites is 2.